The summed E-state index contributed by atoms with van der Waals surface area (Å²) in [6, 6.07) is -4.64. The van der Waals surface area contributed by atoms with Crippen LogP contribution in [0.15, 0.2) is 12.2 Å². The largest absolute Gasteiger partial charge is 0.477 e. The minimum Gasteiger partial charge on any atom is -0.477 e. The molecule has 4 heterocycles. The SMILES string of the molecule is CCCCCCCCC=CCCCCCCCC(=O)N[C@@H](CO[C@@H]1O[C@H](CO)[C@@H](O[C@@H]2O[C@H](CO)[C@H](O)[C@H](O[C@]3(C(=O)O)C[C@H](O)[C@@H](NC(C)=O)C([C@H](O)[C@@H](CO)O[C@]4(C(=O)O)C[C@H](O)[C@@H](NC(C)=O)C([C@H](O)[C@H](O)CO)O4)O3)[C@H]2O)[C@H](O)[C@H]1O)[C@H](O)CCCCCCCCCCCCCCC. The van der Waals surface area contributed by atoms with Gasteiger partial charge in [0.2, 0.25) is 17.7 Å². The quantitative estimate of drug-likeness (QED) is 0.0288. The Morgan fingerprint density at radius 1 is 0.520 bits per heavy atom. The third-order valence-corrected chi connectivity index (χ3v) is 19.5. The molecule has 594 valence electrons. The number of hydrogen-bond acceptors (Lipinski definition) is 27. The molecule has 4 rings (SSSR count). The first-order valence-electron chi connectivity index (χ1n) is 37.2. The van der Waals surface area contributed by atoms with Crippen molar-refractivity contribution in [1.82, 2.24) is 16.0 Å². The van der Waals surface area contributed by atoms with Crippen LogP contribution in [-0.4, -0.2) is 290 Å². The Labute approximate surface area is 598 Å². The van der Waals surface area contributed by atoms with E-state index in [-0.39, 0.29) is 12.3 Å². The van der Waals surface area contributed by atoms with Crippen LogP contribution in [0.3, 0.4) is 0 Å². The lowest BCUT2D eigenvalue weighted by Gasteiger charge is -2.51. The van der Waals surface area contributed by atoms with E-state index >= 15 is 0 Å². The van der Waals surface area contributed by atoms with Crippen molar-refractivity contribution in [3.05, 3.63) is 12.2 Å². The van der Waals surface area contributed by atoms with Gasteiger partial charge in [-0.3, -0.25) is 14.4 Å². The van der Waals surface area contributed by atoms with Crippen molar-refractivity contribution in [3.63, 3.8) is 0 Å². The Balaban J connectivity index is 1.50. The standard InChI is InChI=1S/C70H125N3O29/c1-5-7-9-11-13-15-17-19-20-22-24-26-28-30-32-34-52(84)73-44(45(80)33-31-29-27-25-23-21-18-16-14-12-10-8-6-2)41-95-65-59(89)58(88)61(51(40-77)97-65)98-66-60(90)64(56(86)49(38-75)96-66)102-70(68(93)94)36-47(82)54(72-43(4)79)63(101-70)57(87)50(39-76)99-69(67(91)92)35-46(81)53(71-42(3)78)62(100-69)55(85)48(83)37-74/h19-20,44-51,53-66,74-77,80-83,85-90H,5-18,21-41H2,1-4H3,(H,71,78)(H,72,79)(H,73,84)(H,91,92)(H,93,94)/t44-,45+,46-,47-,48+,49+,50+,51+,53+,54+,55+,56-,57+,58+,59+,60+,61+,62?,63?,64-,65+,66-,69+,70-/m0/s1. The number of aliphatic carboxylic acids is 2. The van der Waals surface area contributed by atoms with Gasteiger partial charge in [0.25, 0.3) is 11.6 Å². The van der Waals surface area contributed by atoms with Crippen LogP contribution in [-0.2, 0) is 61.9 Å². The summed E-state index contributed by atoms with van der Waals surface area (Å²) in [4.78, 5) is 65.0. The number of amides is 3. The predicted octanol–water partition coefficient (Wildman–Crippen LogP) is 0.339. The summed E-state index contributed by atoms with van der Waals surface area (Å²) >= 11 is 0. The molecule has 0 bridgehead atoms. The van der Waals surface area contributed by atoms with E-state index in [1.165, 1.54) is 83.5 Å². The molecular weight excluding hydrogens is 1350 g/mol. The van der Waals surface area contributed by atoms with E-state index in [0.29, 0.717) is 19.3 Å². The van der Waals surface area contributed by atoms with Crippen molar-refractivity contribution in [1.29, 1.82) is 0 Å². The lowest BCUT2D eigenvalue weighted by Crippen LogP contribution is -2.72. The maximum Gasteiger partial charge on any atom is 0.364 e. The van der Waals surface area contributed by atoms with Crippen molar-refractivity contribution < 1.29 is 144 Å². The molecular formula is C70H125N3O29. The number of carbonyl (C=O) groups is 5. The molecule has 32 nitrogen and oxygen atoms in total. The van der Waals surface area contributed by atoms with Crippen molar-refractivity contribution in [2.75, 3.05) is 33.0 Å². The fourth-order valence-corrected chi connectivity index (χ4v) is 13.5. The van der Waals surface area contributed by atoms with Gasteiger partial charge in [0, 0.05) is 33.1 Å². The Kier molecular flexibility index (Phi) is 42.5. The maximum absolute atomic E-state index is 13.6. The van der Waals surface area contributed by atoms with Crippen molar-refractivity contribution >= 4 is 29.7 Å². The lowest BCUT2D eigenvalue weighted by molar-refractivity contribution is -0.388. The van der Waals surface area contributed by atoms with Gasteiger partial charge in [0.1, 0.15) is 85.5 Å². The molecule has 3 amide bonds. The molecule has 4 fully saturated rings. The predicted molar refractivity (Wildman–Crippen MR) is 363 cm³/mol. The van der Waals surface area contributed by atoms with E-state index in [1.54, 1.807) is 0 Å². The molecule has 4 saturated heterocycles. The van der Waals surface area contributed by atoms with Gasteiger partial charge in [-0.2, -0.15) is 0 Å². The molecule has 4 aliphatic heterocycles. The molecule has 19 N–H and O–H groups in total. The zero-order valence-electron chi connectivity index (χ0n) is 60.1. The number of nitrogens with one attached hydrogen (secondary N) is 3. The minimum absolute atomic E-state index is 0.165. The molecule has 102 heavy (non-hydrogen) atoms. The van der Waals surface area contributed by atoms with Crippen molar-refractivity contribution in [3.8, 4) is 0 Å². The Morgan fingerprint density at radius 3 is 1.46 bits per heavy atom. The number of carboxylic acids is 2. The van der Waals surface area contributed by atoms with Crippen LogP contribution in [0.1, 0.15) is 220 Å². The van der Waals surface area contributed by atoms with Gasteiger partial charge in [0.15, 0.2) is 12.6 Å². The third kappa shape index (κ3) is 28.4. The van der Waals surface area contributed by atoms with Gasteiger partial charge in [-0.1, -0.05) is 161 Å². The number of carboxylic acid groups (broad SMARTS) is 2. The fourth-order valence-electron chi connectivity index (χ4n) is 13.5. The summed E-state index contributed by atoms with van der Waals surface area (Å²) in [5.41, 5.74) is 0. The van der Waals surface area contributed by atoms with Gasteiger partial charge in [-0.25, -0.2) is 9.59 Å². The van der Waals surface area contributed by atoms with Gasteiger partial charge < -0.3 is 136 Å². The average molecular weight is 1470 g/mol. The number of hydrogen-bond donors (Lipinski definition) is 19. The van der Waals surface area contributed by atoms with Gasteiger partial charge in [-0.05, 0) is 38.5 Å². The van der Waals surface area contributed by atoms with E-state index in [2.05, 4.69) is 41.9 Å². The van der Waals surface area contributed by atoms with Crippen LogP contribution in [0.5, 0.6) is 0 Å². The summed E-state index contributed by atoms with van der Waals surface area (Å²) in [6.07, 6.45) is -8.79. The second-order valence-electron chi connectivity index (χ2n) is 27.9. The molecule has 0 aliphatic carbocycles. The molecule has 2 unspecified atom stereocenters. The lowest BCUT2D eigenvalue weighted by atomic mass is 9.87. The number of aliphatic hydroxyl groups is 14. The van der Waals surface area contributed by atoms with E-state index in [0.717, 1.165) is 84.5 Å². The molecule has 0 spiro atoms. The summed E-state index contributed by atoms with van der Waals surface area (Å²) in [5.74, 6) is -13.1. The second kappa shape index (κ2) is 47.8. The highest BCUT2D eigenvalue weighted by atomic mass is 16.8. The van der Waals surface area contributed by atoms with E-state index in [4.69, 9.17) is 37.9 Å². The Hall–Kier alpha value is -3.79. The summed E-state index contributed by atoms with van der Waals surface area (Å²) in [6.45, 7) is 1.15. The van der Waals surface area contributed by atoms with Crippen LogP contribution in [0.4, 0.5) is 0 Å². The summed E-state index contributed by atoms with van der Waals surface area (Å²) in [7, 11) is 0. The molecule has 24 atom stereocenters. The highest BCUT2D eigenvalue weighted by Crippen LogP contribution is 2.41. The molecule has 32 heteroatoms. The van der Waals surface area contributed by atoms with Crippen LogP contribution in [0.2, 0.25) is 0 Å². The second-order valence-corrected chi connectivity index (χ2v) is 27.9. The molecule has 0 aromatic carbocycles. The minimum atomic E-state index is -3.39. The number of ether oxygens (including phenoxy) is 8. The number of allylic oxidation sites excluding steroid dienone is 2. The normalized spacial score (nSPS) is 31.7. The molecule has 0 aromatic rings. The zero-order chi connectivity index (χ0) is 75.5. The first-order valence-corrected chi connectivity index (χ1v) is 37.2. The van der Waals surface area contributed by atoms with Gasteiger partial charge >= 0.3 is 11.9 Å². The monoisotopic (exact) mass is 1470 g/mol. The van der Waals surface area contributed by atoms with Gasteiger partial charge in [0.05, 0.1) is 69.5 Å². The smallest absolute Gasteiger partial charge is 0.364 e. The van der Waals surface area contributed by atoms with E-state index < -0.39 is 216 Å². The van der Waals surface area contributed by atoms with Crippen LogP contribution >= 0.6 is 0 Å². The first-order chi connectivity index (χ1) is 48.7. The van der Waals surface area contributed by atoms with Crippen LogP contribution in [0.25, 0.3) is 0 Å². The number of carbonyl (C=O) groups excluding carboxylic acids is 3. The van der Waals surface area contributed by atoms with Gasteiger partial charge in [-0.15, -0.1) is 0 Å². The Bertz CT molecular complexity index is 2410. The summed E-state index contributed by atoms with van der Waals surface area (Å²) < 4.78 is 46.5. The average Bonchev–Trinajstić information content (AvgIpc) is 0.755. The molecule has 0 radical (unpaired) electrons. The topological polar surface area (TPSA) is 519 Å². The highest BCUT2D eigenvalue weighted by Gasteiger charge is 2.62. The number of rotatable bonds is 52. The number of unbranched alkanes of at least 4 members (excludes halogenated alkanes) is 23. The highest BCUT2D eigenvalue weighted by molar-refractivity contribution is 5.78. The maximum atomic E-state index is 13.6. The van der Waals surface area contributed by atoms with Crippen molar-refractivity contribution in [2.45, 2.75) is 366 Å². The molecule has 0 saturated carbocycles. The molecule has 0 aromatic heterocycles. The van der Waals surface area contributed by atoms with E-state index in [9.17, 15) is 106 Å². The molecule has 4 aliphatic rings. The fraction of sp³-hybridized carbons (Fsp3) is 0.900. The first kappa shape index (κ1) is 90.6. The zero-order valence-corrected chi connectivity index (χ0v) is 60.1. The Morgan fingerprint density at radius 2 is 0.980 bits per heavy atom. The van der Waals surface area contributed by atoms with Crippen LogP contribution < -0.4 is 16.0 Å². The summed E-state index contributed by atoms with van der Waals surface area (Å²) in [5, 5.41) is 185. The van der Waals surface area contributed by atoms with Crippen LogP contribution in [0, 0.1) is 0 Å². The van der Waals surface area contributed by atoms with Crippen molar-refractivity contribution in [2.24, 2.45) is 0 Å². The third-order valence-electron chi connectivity index (χ3n) is 19.5. The van der Waals surface area contributed by atoms with E-state index in [1.807, 2.05) is 0 Å². The number of aliphatic hydroxyl groups excluding tert-OH is 14.